The van der Waals surface area contributed by atoms with E-state index in [2.05, 4.69) is 55.3 Å². The van der Waals surface area contributed by atoms with Gasteiger partial charge in [-0.15, -0.1) is 0 Å². The molecule has 0 bridgehead atoms. The lowest BCUT2D eigenvalue weighted by molar-refractivity contribution is -0.0212. The molecule has 1 fully saturated rings. The minimum absolute atomic E-state index is 0.356. The molecule has 3 heteroatoms. The summed E-state index contributed by atoms with van der Waals surface area (Å²) in [7, 11) is 0. The van der Waals surface area contributed by atoms with Gasteiger partial charge in [-0.2, -0.15) is 0 Å². The number of nitrogens with zero attached hydrogens (tertiary/aromatic N) is 1. The van der Waals surface area contributed by atoms with Crippen molar-refractivity contribution in [2.75, 3.05) is 26.2 Å². The van der Waals surface area contributed by atoms with Crippen LogP contribution in [0.4, 0.5) is 0 Å². The Bertz CT molecular complexity index is 406. The summed E-state index contributed by atoms with van der Waals surface area (Å²) in [6.45, 7) is 12.6. The van der Waals surface area contributed by atoms with Gasteiger partial charge in [0.1, 0.15) is 0 Å². The van der Waals surface area contributed by atoms with E-state index in [-0.39, 0.29) is 0 Å². The van der Waals surface area contributed by atoms with Crippen molar-refractivity contribution in [3.05, 3.63) is 35.4 Å². The van der Waals surface area contributed by atoms with E-state index in [1.165, 1.54) is 11.1 Å². The van der Waals surface area contributed by atoms with Crippen LogP contribution in [0.15, 0.2) is 24.3 Å². The number of benzene rings is 1. The van der Waals surface area contributed by atoms with E-state index in [4.69, 9.17) is 4.74 Å². The topological polar surface area (TPSA) is 24.5 Å². The first-order valence-electron chi connectivity index (χ1n) is 7.76. The van der Waals surface area contributed by atoms with Gasteiger partial charge in [0.2, 0.25) is 0 Å². The average molecular weight is 276 g/mol. The second-order valence-electron chi connectivity index (χ2n) is 6.21. The van der Waals surface area contributed by atoms with Gasteiger partial charge in [-0.05, 0) is 30.5 Å². The highest BCUT2D eigenvalue weighted by atomic mass is 16.5. The van der Waals surface area contributed by atoms with Crippen molar-refractivity contribution in [3.63, 3.8) is 0 Å². The highest BCUT2D eigenvalue weighted by molar-refractivity contribution is 5.27. The normalized spacial score (nSPS) is 20.5. The maximum atomic E-state index is 5.61. The highest BCUT2D eigenvalue weighted by Gasteiger charge is 2.17. The number of hydrogen-bond donors (Lipinski definition) is 1. The Labute approximate surface area is 123 Å². The van der Waals surface area contributed by atoms with Crippen LogP contribution < -0.4 is 5.32 Å². The van der Waals surface area contributed by atoms with Crippen molar-refractivity contribution in [1.29, 1.82) is 0 Å². The summed E-state index contributed by atoms with van der Waals surface area (Å²) in [6.07, 6.45) is 0.356. The molecule has 0 saturated carbocycles. The van der Waals surface area contributed by atoms with Gasteiger partial charge >= 0.3 is 0 Å². The molecule has 20 heavy (non-hydrogen) atoms. The van der Waals surface area contributed by atoms with Crippen LogP contribution in [0.3, 0.4) is 0 Å². The average Bonchev–Trinajstić information content (AvgIpc) is 2.40. The van der Waals surface area contributed by atoms with E-state index in [0.717, 1.165) is 39.3 Å². The fraction of sp³-hybridized carbons (Fsp3) is 0.647. The van der Waals surface area contributed by atoms with Gasteiger partial charge in [0, 0.05) is 26.2 Å². The fourth-order valence-corrected chi connectivity index (χ4v) is 2.65. The van der Waals surface area contributed by atoms with E-state index >= 15 is 0 Å². The van der Waals surface area contributed by atoms with Gasteiger partial charge < -0.3 is 10.1 Å². The van der Waals surface area contributed by atoms with E-state index < -0.39 is 0 Å². The Kier molecular flexibility index (Phi) is 6.02. The molecule has 0 amide bonds. The Morgan fingerprint density at radius 1 is 1.30 bits per heavy atom. The molecule has 3 nitrogen and oxygen atoms in total. The predicted octanol–water partition coefficient (Wildman–Crippen LogP) is 2.65. The molecule has 0 spiro atoms. The lowest BCUT2D eigenvalue weighted by atomic mass is 10.1. The van der Waals surface area contributed by atoms with E-state index in [1.54, 1.807) is 0 Å². The summed E-state index contributed by atoms with van der Waals surface area (Å²) in [4.78, 5) is 2.50. The Hall–Kier alpha value is -0.900. The van der Waals surface area contributed by atoms with Crippen LogP contribution in [0, 0.1) is 5.92 Å². The van der Waals surface area contributed by atoms with Gasteiger partial charge in [-0.25, -0.2) is 0 Å². The second kappa shape index (κ2) is 7.77. The third-order valence-electron chi connectivity index (χ3n) is 3.71. The lowest BCUT2D eigenvalue weighted by Crippen LogP contribution is -2.40. The largest absolute Gasteiger partial charge is 0.376 e. The second-order valence-corrected chi connectivity index (χ2v) is 6.21. The van der Waals surface area contributed by atoms with Crippen molar-refractivity contribution in [2.45, 2.75) is 40.0 Å². The molecular formula is C17H28N2O. The van der Waals surface area contributed by atoms with Gasteiger partial charge in [0.05, 0.1) is 12.7 Å². The Balaban J connectivity index is 1.93. The summed E-state index contributed by atoms with van der Waals surface area (Å²) < 4.78 is 5.61. The molecule has 1 atom stereocenters. The van der Waals surface area contributed by atoms with E-state index in [9.17, 15) is 0 Å². The zero-order valence-electron chi connectivity index (χ0n) is 13.1. The molecule has 1 unspecified atom stereocenters. The minimum atomic E-state index is 0.356. The van der Waals surface area contributed by atoms with Gasteiger partial charge in [0.25, 0.3) is 0 Å². The van der Waals surface area contributed by atoms with Crippen molar-refractivity contribution >= 4 is 0 Å². The number of ether oxygens (including phenoxy) is 1. The van der Waals surface area contributed by atoms with Crippen molar-refractivity contribution < 1.29 is 4.74 Å². The predicted molar refractivity (Wildman–Crippen MR) is 83.7 cm³/mol. The SMILES string of the molecule is CC(C)CNCc1ccccc1CN1CCOC(C)C1. The van der Waals surface area contributed by atoms with E-state index in [1.807, 2.05) is 0 Å². The van der Waals surface area contributed by atoms with Crippen molar-refractivity contribution in [1.82, 2.24) is 10.2 Å². The summed E-state index contributed by atoms with van der Waals surface area (Å²) in [5.41, 5.74) is 2.87. The molecule has 2 rings (SSSR count). The molecule has 1 aromatic carbocycles. The van der Waals surface area contributed by atoms with Crippen LogP contribution in [0.2, 0.25) is 0 Å². The number of rotatable bonds is 6. The first kappa shape index (κ1) is 15.5. The maximum Gasteiger partial charge on any atom is 0.0674 e. The Morgan fingerprint density at radius 2 is 2.05 bits per heavy atom. The molecule has 1 aromatic rings. The molecule has 1 aliphatic heterocycles. The van der Waals surface area contributed by atoms with Gasteiger partial charge in [0.15, 0.2) is 0 Å². The number of nitrogens with one attached hydrogen (secondary N) is 1. The third kappa shape index (κ3) is 4.89. The molecule has 112 valence electrons. The first-order chi connectivity index (χ1) is 9.65. The zero-order valence-corrected chi connectivity index (χ0v) is 13.1. The van der Waals surface area contributed by atoms with Crippen molar-refractivity contribution in [3.8, 4) is 0 Å². The standard InChI is InChI=1S/C17H28N2O/c1-14(2)10-18-11-16-6-4-5-7-17(16)13-19-8-9-20-15(3)12-19/h4-7,14-15,18H,8-13H2,1-3H3. The molecule has 1 saturated heterocycles. The molecule has 0 radical (unpaired) electrons. The zero-order chi connectivity index (χ0) is 14.4. The van der Waals surface area contributed by atoms with Crippen molar-refractivity contribution in [2.24, 2.45) is 5.92 Å². The van der Waals surface area contributed by atoms with Crippen LogP contribution in [0.1, 0.15) is 31.9 Å². The highest BCUT2D eigenvalue weighted by Crippen LogP contribution is 2.14. The minimum Gasteiger partial charge on any atom is -0.376 e. The van der Waals surface area contributed by atoms with Crippen LogP contribution in [0.5, 0.6) is 0 Å². The summed E-state index contributed by atoms with van der Waals surface area (Å²) >= 11 is 0. The van der Waals surface area contributed by atoms with Gasteiger partial charge in [-0.3, -0.25) is 4.90 Å². The quantitative estimate of drug-likeness (QED) is 0.864. The number of morpholine rings is 1. The first-order valence-corrected chi connectivity index (χ1v) is 7.76. The summed E-state index contributed by atoms with van der Waals surface area (Å²) in [5.74, 6) is 0.697. The molecule has 1 N–H and O–H groups in total. The fourth-order valence-electron chi connectivity index (χ4n) is 2.65. The van der Waals surface area contributed by atoms with Gasteiger partial charge in [-0.1, -0.05) is 38.1 Å². The molecule has 0 aliphatic carbocycles. The number of hydrogen-bond acceptors (Lipinski definition) is 3. The van der Waals surface area contributed by atoms with Crippen LogP contribution in [-0.2, 0) is 17.8 Å². The molecule has 0 aromatic heterocycles. The van der Waals surface area contributed by atoms with Crippen LogP contribution in [-0.4, -0.2) is 37.2 Å². The van der Waals surface area contributed by atoms with E-state index in [0.29, 0.717) is 12.0 Å². The summed E-state index contributed by atoms with van der Waals surface area (Å²) in [5, 5.41) is 3.54. The Morgan fingerprint density at radius 3 is 2.75 bits per heavy atom. The maximum absolute atomic E-state index is 5.61. The third-order valence-corrected chi connectivity index (χ3v) is 3.71. The molecule has 1 heterocycles. The summed E-state index contributed by atoms with van der Waals surface area (Å²) in [6, 6.07) is 8.78. The molecular weight excluding hydrogens is 248 g/mol. The van der Waals surface area contributed by atoms with Crippen LogP contribution >= 0.6 is 0 Å². The lowest BCUT2D eigenvalue weighted by Gasteiger charge is -2.31. The monoisotopic (exact) mass is 276 g/mol. The van der Waals surface area contributed by atoms with Crippen LogP contribution in [0.25, 0.3) is 0 Å². The molecule has 1 aliphatic rings. The smallest absolute Gasteiger partial charge is 0.0674 e.